The SMILES string of the molecule is CN=C(NCCc1ccc(S(C)(=O)=O)cc1)NCc1ccnc(OCC(F)(F)F)c1. The fraction of sp³-hybridized carbons (Fsp3) is 0.368. The fourth-order valence-electron chi connectivity index (χ4n) is 2.43. The topological polar surface area (TPSA) is 92.7 Å². The van der Waals surface area contributed by atoms with Crippen molar-refractivity contribution >= 4 is 15.8 Å². The van der Waals surface area contributed by atoms with E-state index < -0.39 is 22.6 Å². The van der Waals surface area contributed by atoms with Gasteiger partial charge in [-0.2, -0.15) is 13.2 Å². The third-order valence-corrected chi connectivity index (χ3v) is 5.05. The Kier molecular flexibility index (Phi) is 8.04. The lowest BCUT2D eigenvalue weighted by molar-refractivity contribution is -0.154. The minimum absolute atomic E-state index is 0.105. The van der Waals surface area contributed by atoms with Gasteiger partial charge in [0.15, 0.2) is 22.4 Å². The molecule has 7 nitrogen and oxygen atoms in total. The summed E-state index contributed by atoms with van der Waals surface area (Å²) in [5.74, 6) is 0.407. The molecule has 0 saturated carbocycles. The Morgan fingerprint density at radius 2 is 1.83 bits per heavy atom. The number of benzene rings is 1. The molecule has 2 aromatic rings. The molecule has 11 heteroatoms. The first-order valence-corrected chi connectivity index (χ1v) is 10.8. The smallest absolute Gasteiger partial charge is 0.422 e. The van der Waals surface area contributed by atoms with Gasteiger partial charge in [0.1, 0.15) is 0 Å². The molecule has 0 saturated heterocycles. The maximum absolute atomic E-state index is 12.2. The number of aromatic nitrogens is 1. The van der Waals surface area contributed by atoms with E-state index >= 15 is 0 Å². The maximum atomic E-state index is 12.2. The summed E-state index contributed by atoms with van der Waals surface area (Å²) < 4.78 is 64.3. The van der Waals surface area contributed by atoms with Crippen LogP contribution in [0.5, 0.6) is 5.88 Å². The number of sulfone groups is 1. The first-order valence-electron chi connectivity index (χ1n) is 8.95. The second kappa shape index (κ2) is 10.3. The van der Waals surface area contributed by atoms with Crippen LogP contribution in [-0.4, -0.2) is 52.0 Å². The summed E-state index contributed by atoms with van der Waals surface area (Å²) in [5, 5.41) is 6.17. The van der Waals surface area contributed by atoms with Gasteiger partial charge in [-0.25, -0.2) is 13.4 Å². The van der Waals surface area contributed by atoms with Crippen LogP contribution in [0.2, 0.25) is 0 Å². The van der Waals surface area contributed by atoms with E-state index in [-0.39, 0.29) is 10.8 Å². The van der Waals surface area contributed by atoms with Gasteiger partial charge in [0.25, 0.3) is 0 Å². The molecular weight excluding hydrogens is 421 g/mol. The number of hydrogen-bond acceptors (Lipinski definition) is 5. The monoisotopic (exact) mass is 444 g/mol. The summed E-state index contributed by atoms with van der Waals surface area (Å²) in [6, 6.07) is 9.74. The largest absolute Gasteiger partial charge is 0.468 e. The van der Waals surface area contributed by atoms with E-state index in [9.17, 15) is 21.6 Å². The Hall–Kier alpha value is -2.82. The predicted octanol–water partition coefficient (Wildman–Crippen LogP) is 2.33. The van der Waals surface area contributed by atoms with Crippen LogP contribution in [-0.2, 0) is 22.8 Å². The predicted molar refractivity (Wildman–Crippen MR) is 107 cm³/mol. The molecule has 0 radical (unpaired) electrons. The van der Waals surface area contributed by atoms with E-state index in [0.717, 1.165) is 11.8 Å². The van der Waals surface area contributed by atoms with E-state index in [2.05, 4.69) is 25.3 Å². The summed E-state index contributed by atoms with van der Waals surface area (Å²) in [5.41, 5.74) is 1.65. The number of guanidine groups is 1. The molecule has 0 aliphatic rings. The number of rotatable bonds is 8. The number of pyridine rings is 1. The minimum Gasteiger partial charge on any atom is -0.468 e. The summed E-state index contributed by atoms with van der Waals surface area (Å²) in [4.78, 5) is 8.12. The highest BCUT2D eigenvalue weighted by Gasteiger charge is 2.28. The van der Waals surface area contributed by atoms with Crippen LogP contribution in [0.3, 0.4) is 0 Å². The third-order valence-electron chi connectivity index (χ3n) is 3.92. The van der Waals surface area contributed by atoms with Gasteiger partial charge in [-0.15, -0.1) is 0 Å². The minimum atomic E-state index is -4.42. The van der Waals surface area contributed by atoms with Gasteiger partial charge in [-0.05, 0) is 35.7 Å². The number of halogens is 3. The number of aliphatic imine (C=N–C) groups is 1. The molecule has 0 spiro atoms. The van der Waals surface area contributed by atoms with Crippen molar-refractivity contribution < 1.29 is 26.3 Å². The van der Waals surface area contributed by atoms with Crippen molar-refractivity contribution in [2.75, 3.05) is 26.5 Å². The molecule has 0 aliphatic heterocycles. The van der Waals surface area contributed by atoms with E-state index in [1.54, 1.807) is 37.4 Å². The second-order valence-corrected chi connectivity index (χ2v) is 8.44. The molecule has 0 fully saturated rings. The molecule has 164 valence electrons. The molecule has 0 bridgehead atoms. The average Bonchev–Trinajstić information content (AvgIpc) is 2.68. The van der Waals surface area contributed by atoms with Crippen LogP contribution in [0.15, 0.2) is 52.5 Å². The standard InChI is InChI=1S/C19H23F3N4O3S/c1-23-18(25-10-7-14-3-5-16(6-4-14)30(2,27)28)26-12-15-8-9-24-17(11-15)29-13-19(20,21)22/h3-6,8-9,11H,7,10,12-13H2,1-2H3,(H2,23,25,26). The zero-order valence-electron chi connectivity index (χ0n) is 16.5. The Bertz CT molecular complexity index is 962. The number of ether oxygens (including phenoxy) is 1. The Morgan fingerprint density at radius 1 is 1.13 bits per heavy atom. The normalized spacial score (nSPS) is 12.5. The number of alkyl halides is 3. The van der Waals surface area contributed by atoms with Crippen molar-refractivity contribution in [3.8, 4) is 5.88 Å². The van der Waals surface area contributed by atoms with Gasteiger partial charge in [-0.1, -0.05) is 12.1 Å². The lowest BCUT2D eigenvalue weighted by Gasteiger charge is -2.13. The summed E-state index contributed by atoms with van der Waals surface area (Å²) >= 11 is 0. The van der Waals surface area contributed by atoms with Gasteiger partial charge >= 0.3 is 6.18 Å². The van der Waals surface area contributed by atoms with Crippen LogP contribution in [0, 0.1) is 0 Å². The lowest BCUT2D eigenvalue weighted by atomic mass is 10.1. The van der Waals surface area contributed by atoms with Crippen LogP contribution in [0.4, 0.5) is 13.2 Å². The Morgan fingerprint density at radius 3 is 2.43 bits per heavy atom. The first-order chi connectivity index (χ1) is 14.1. The summed E-state index contributed by atoms with van der Waals surface area (Å²) in [7, 11) is -1.62. The highest BCUT2D eigenvalue weighted by atomic mass is 32.2. The van der Waals surface area contributed by atoms with Crippen molar-refractivity contribution in [1.29, 1.82) is 0 Å². The van der Waals surface area contributed by atoms with Gasteiger partial charge < -0.3 is 15.4 Å². The molecule has 2 N–H and O–H groups in total. The second-order valence-electron chi connectivity index (χ2n) is 6.42. The molecule has 30 heavy (non-hydrogen) atoms. The van der Waals surface area contributed by atoms with E-state index in [1.165, 1.54) is 12.3 Å². The zero-order chi connectivity index (χ0) is 22.2. The van der Waals surface area contributed by atoms with Crippen LogP contribution < -0.4 is 15.4 Å². The number of hydrogen-bond donors (Lipinski definition) is 2. The van der Waals surface area contributed by atoms with Gasteiger partial charge in [0, 0.05) is 38.7 Å². The van der Waals surface area contributed by atoms with E-state index in [1.807, 2.05) is 0 Å². The van der Waals surface area contributed by atoms with Crippen molar-refractivity contribution in [3.63, 3.8) is 0 Å². The van der Waals surface area contributed by atoms with Gasteiger partial charge in [0.05, 0.1) is 4.90 Å². The first kappa shape index (κ1) is 23.5. The molecule has 1 heterocycles. The van der Waals surface area contributed by atoms with Crippen molar-refractivity contribution in [2.24, 2.45) is 4.99 Å². The highest BCUT2D eigenvalue weighted by Crippen LogP contribution is 2.17. The molecule has 1 aromatic carbocycles. The number of nitrogens with zero attached hydrogens (tertiary/aromatic N) is 2. The van der Waals surface area contributed by atoms with Gasteiger partial charge in [-0.3, -0.25) is 4.99 Å². The quantitative estimate of drug-likeness (QED) is 0.480. The van der Waals surface area contributed by atoms with E-state index in [0.29, 0.717) is 31.0 Å². The van der Waals surface area contributed by atoms with Crippen molar-refractivity contribution in [3.05, 3.63) is 53.7 Å². The summed E-state index contributed by atoms with van der Waals surface area (Å²) in [6.07, 6.45) is -1.24. The highest BCUT2D eigenvalue weighted by molar-refractivity contribution is 7.90. The van der Waals surface area contributed by atoms with Crippen LogP contribution >= 0.6 is 0 Å². The molecule has 0 aliphatic carbocycles. The lowest BCUT2D eigenvalue weighted by Crippen LogP contribution is -2.37. The summed E-state index contributed by atoms with van der Waals surface area (Å²) in [6.45, 7) is -0.535. The van der Waals surface area contributed by atoms with Crippen molar-refractivity contribution in [1.82, 2.24) is 15.6 Å². The Labute approximate surface area is 173 Å². The number of nitrogens with one attached hydrogen (secondary N) is 2. The Balaban J connectivity index is 1.81. The molecular formula is C19H23F3N4O3S. The third kappa shape index (κ3) is 8.27. The fourth-order valence-corrected chi connectivity index (χ4v) is 3.06. The van der Waals surface area contributed by atoms with Gasteiger partial charge in [0.2, 0.25) is 5.88 Å². The van der Waals surface area contributed by atoms with Crippen LogP contribution in [0.25, 0.3) is 0 Å². The molecule has 0 atom stereocenters. The molecule has 0 unspecified atom stereocenters. The molecule has 0 amide bonds. The average molecular weight is 444 g/mol. The van der Waals surface area contributed by atoms with E-state index in [4.69, 9.17) is 0 Å². The molecule has 2 rings (SSSR count). The molecule has 1 aromatic heterocycles. The zero-order valence-corrected chi connectivity index (χ0v) is 17.3. The van der Waals surface area contributed by atoms with Crippen LogP contribution in [0.1, 0.15) is 11.1 Å². The maximum Gasteiger partial charge on any atom is 0.422 e. The van der Waals surface area contributed by atoms with Crippen molar-refractivity contribution in [2.45, 2.75) is 24.0 Å².